The van der Waals surface area contributed by atoms with Crippen LogP contribution in [-0.4, -0.2) is 6.54 Å². The fourth-order valence-electron chi connectivity index (χ4n) is 1.00. The maximum atomic E-state index is 5.76. The Labute approximate surface area is 102 Å². The molecular weight excluding hydrogens is 285 g/mol. The van der Waals surface area contributed by atoms with Gasteiger partial charge in [0, 0.05) is 20.7 Å². The molecule has 0 saturated carbocycles. The number of halogens is 3. The second-order valence-corrected chi connectivity index (χ2v) is 4.49. The van der Waals surface area contributed by atoms with Crippen LogP contribution in [0.25, 0.3) is 0 Å². The molecule has 0 unspecified atom stereocenters. The minimum Gasteiger partial charge on any atom is -0.380 e. The summed E-state index contributed by atoms with van der Waals surface area (Å²) in [4.78, 5) is 0. The molecule has 0 fully saturated rings. The molecule has 0 amide bonds. The summed E-state index contributed by atoms with van der Waals surface area (Å²) < 4.78 is 1.04. The van der Waals surface area contributed by atoms with Crippen LogP contribution in [0, 0.1) is 6.92 Å². The minimum atomic E-state index is 0.544. The average Bonchev–Trinajstić information content (AvgIpc) is 2.19. The van der Waals surface area contributed by atoms with Crippen LogP contribution in [0.5, 0.6) is 0 Å². The first-order valence-electron chi connectivity index (χ1n) is 4.08. The van der Waals surface area contributed by atoms with E-state index in [2.05, 4.69) is 21.2 Å². The normalized spacial score (nSPS) is 11.6. The van der Waals surface area contributed by atoms with Gasteiger partial charge in [-0.25, -0.2) is 0 Å². The number of rotatable bonds is 3. The largest absolute Gasteiger partial charge is 0.380 e. The molecular formula is C10H10BrCl2N. The van der Waals surface area contributed by atoms with Crippen molar-refractivity contribution < 1.29 is 0 Å². The summed E-state index contributed by atoms with van der Waals surface area (Å²) >= 11 is 14.6. The summed E-state index contributed by atoms with van der Waals surface area (Å²) in [5.41, 5.74) is 3.59. The number of aryl methyl sites for hydroxylation is 1. The van der Waals surface area contributed by atoms with Crippen LogP contribution in [-0.2, 0) is 0 Å². The standard InChI is InChI=1S/C10H10BrCl2N/c1-7-2-3-8(11)4-10(7)14-6-9(13)5-12/h2-5,14H,6H2,1H3/b9-5-. The van der Waals surface area contributed by atoms with Crippen molar-refractivity contribution in [2.45, 2.75) is 6.92 Å². The molecule has 1 N–H and O–H groups in total. The Kier molecular flexibility index (Phi) is 4.79. The van der Waals surface area contributed by atoms with Crippen molar-refractivity contribution in [3.63, 3.8) is 0 Å². The highest BCUT2D eigenvalue weighted by molar-refractivity contribution is 9.10. The molecule has 0 bridgehead atoms. The third kappa shape index (κ3) is 3.52. The molecule has 0 aliphatic carbocycles. The van der Waals surface area contributed by atoms with Gasteiger partial charge in [-0.1, -0.05) is 45.2 Å². The molecule has 4 heteroatoms. The van der Waals surface area contributed by atoms with Gasteiger partial charge in [0.1, 0.15) is 0 Å². The van der Waals surface area contributed by atoms with Crippen molar-refractivity contribution in [3.05, 3.63) is 38.8 Å². The second-order valence-electron chi connectivity index (χ2n) is 2.87. The molecule has 1 nitrogen and oxygen atoms in total. The first-order chi connectivity index (χ1) is 6.63. The van der Waals surface area contributed by atoms with Gasteiger partial charge in [-0.15, -0.1) is 0 Å². The first kappa shape index (κ1) is 11.9. The maximum Gasteiger partial charge on any atom is 0.0516 e. The van der Waals surface area contributed by atoms with Crippen LogP contribution in [0.1, 0.15) is 5.56 Å². The van der Waals surface area contributed by atoms with Crippen molar-refractivity contribution >= 4 is 44.8 Å². The van der Waals surface area contributed by atoms with Crippen LogP contribution in [0.3, 0.4) is 0 Å². The van der Waals surface area contributed by atoms with Crippen molar-refractivity contribution in [1.29, 1.82) is 0 Å². The molecule has 0 aliphatic heterocycles. The molecule has 0 radical (unpaired) electrons. The highest BCUT2D eigenvalue weighted by atomic mass is 79.9. The van der Waals surface area contributed by atoms with E-state index in [9.17, 15) is 0 Å². The Morgan fingerprint density at radius 1 is 1.57 bits per heavy atom. The monoisotopic (exact) mass is 293 g/mol. The number of hydrogen-bond donors (Lipinski definition) is 1. The maximum absolute atomic E-state index is 5.76. The van der Waals surface area contributed by atoms with Gasteiger partial charge >= 0.3 is 0 Å². The average molecular weight is 295 g/mol. The van der Waals surface area contributed by atoms with Crippen LogP contribution in [0.15, 0.2) is 33.2 Å². The molecule has 14 heavy (non-hydrogen) atoms. The predicted molar refractivity (Wildman–Crippen MR) is 67.2 cm³/mol. The molecule has 0 heterocycles. The third-order valence-electron chi connectivity index (χ3n) is 1.77. The first-order valence-corrected chi connectivity index (χ1v) is 5.69. The molecule has 1 rings (SSSR count). The predicted octanol–water partition coefficient (Wildman–Crippen LogP) is 4.49. The van der Waals surface area contributed by atoms with E-state index in [0.29, 0.717) is 11.6 Å². The second kappa shape index (κ2) is 5.64. The fraction of sp³-hybridized carbons (Fsp3) is 0.200. The molecule has 0 aliphatic rings. The summed E-state index contributed by atoms with van der Waals surface area (Å²) in [6, 6.07) is 6.04. The molecule has 1 aromatic rings. The number of anilines is 1. The Hall–Kier alpha value is -0.180. The summed E-state index contributed by atoms with van der Waals surface area (Å²) in [7, 11) is 0. The van der Waals surface area contributed by atoms with E-state index in [0.717, 1.165) is 10.2 Å². The summed E-state index contributed by atoms with van der Waals surface area (Å²) in [5, 5.41) is 3.78. The minimum absolute atomic E-state index is 0.544. The van der Waals surface area contributed by atoms with Crippen molar-refractivity contribution in [3.8, 4) is 0 Å². The van der Waals surface area contributed by atoms with Gasteiger partial charge in [0.15, 0.2) is 0 Å². The zero-order chi connectivity index (χ0) is 10.6. The van der Waals surface area contributed by atoms with Gasteiger partial charge in [0.2, 0.25) is 0 Å². The van der Waals surface area contributed by atoms with Crippen molar-refractivity contribution in [1.82, 2.24) is 0 Å². The van der Waals surface area contributed by atoms with E-state index < -0.39 is 0 Å². The zero-order valence-electron chi connectivity index (χ0n) is 7.65. The Balaban J connectivity index is 2.71. The quantitative estimate of drug-likeness (QED) is 0.866. The van der Waals surface area contributed by atoms with Crippen molar-refractivity contribution in [2.75, 3.05) is 11.9 Å². The molecule has 0 saturated heterocycles. The summed E-state index contributed by atoms with van der Waals surface area (Å²) in [6.07, 6.45) is 0. The summed E-state index contributed by atoms with van der Waals surface area (Å²) in [5.74, 6) is 0. The van der Waals surface area contributed by atoms with E-state index in [1.807, 2.05) is 25.1 Å². The number of hydrogen-bond acceptors (Lipinski definition) is 1. The van der Waals surface area contributed by atoms with E-state index >= 15 is 0 Å². The van der Waals surface area contributed by atoms with Gasteiger partial charge in [0.05, 0.1) is 6.54 Å². The zero-order valence-corrected chi connectivity index (χ0v) is 10.7. The Morgan fingerprint density at radius 3 is 2.93 bits per heavy atom. The van der Waals surface area contributed by atoms with Crippen LogP contribution in [0.2, 0.25) is 0 Å². The lowest BCUT2D eigenvalue weighted by Crippen LogP contribution is -2.02. The highest BCUT2D eigenvalue weighted by Crippen LogP contribution is 2.21. The van der Waals surface area contributed by atoms with Gasteiger partial charge < -0.3 is 5.32 Å². The molecule has 76 valence electrons. The lowest BCUT2D eigenvalue weighted by Gasteiger charge is -2.08. The third-order valence-corrected chi connectivity index (χ3v) is 2.88. The fourth-order valence-corrected chi connectivity index (χ4v) is 1.51. The molecule has 0 spiro atoms. The topological polar surface area (TPSA) is 12.0 Å². The lowest BCUT2D eigenvalue weighted by molar-refractivity contribution is 1.28. The van der Waals surface area contributed by atoms with Crippen LogP contribution in [0.4, 0.5) is 5.69 Å². The Morgan fingerprint density at radius 2 is 2.29 bits per heavy atom. The molecule has 0 atom stereocenters. The van der Waals surface area contributed by atoms with Crippen molar-refractivity contribution in [2.24, 2.45) is 0 Å². The van der Waals surface area contributed by atoms with Crippen LogP contribution < -0.4 is 5.32 Å². The van der Waals surface area contributed by atoms with Crippen LogP contribution >= 0.6 is 39.1 Å². The van der Waals surface area contributed by atoms with Gasteiger partial charge in [-0.2, -0.15) is 0 Å². The van der Waals surface area contributed by atoms with E-state index in [1.165, 1.54) is 11.1 Å². The number of benzene rings is 1. The smallest absolute Gasteiger partial charge is 0.0516 e. The number of nitrogens with one attached hydrogen (secondary N) is 1. The Bertz CT molecular complexity index is 350. The van der Waals surface area contributed by atoms with E-state index in [1.54, 1.807) is 0 Å². The van der Waals surface area contributed by atoms with E-state index in [4.69, 9.17) is 23.2 Å². The SMILES string of the molecule is Cc1ccc(Br)cc1NC/C(Cl)=C/Cl. The van der Waals surface area contributed by atoms with E-state index in [-0.39, 0.29) is 0 Å². The highest BCUT2D eigenvalue weighted by Gasteiger charge is 1.99. The lowest BCUT2D eigenvalue weighted by atomic mass is 10.2. The van der Waals surface area contributed by atoms with Gasteiger partial charge in [-0.3, -0.25) is 0 Å². The van der Waals surface area contributed by atoms with Gasteiger partial charge in [0.25, 0.3) is 0 Å². The summed E-state index contributed by atoms with van der Waals surface area (Å²) in [6.45, 7) is 2.58. The van der Waals surface area contributed by atoms with Gasteiger partial charge in [-0.05, 0) is 24.6 Å². The molecule has 0 aromatic heterocycles. The molecule has 1 aromatic carbocycles.